The van der Waals surface area contributed by atoms with E-state index >= 15 is 0 Å². The van der Waals surface area contributed by atoms with Crippen molar-refractivity contribution >= 4 is 0 Å². The zero-order chi connectivity index (χ0) is 15.5. The zero-order valence-corrected chi connectivity index (χ0v) is 12.4. The lowest BCUT2D eigenvalue weighted by Gasteiger charge is -2.19. The second kappa shape index (κ2) is 6.30. The Labute approximate surface area is 122 Å². The highest BCUT2D eigenvalue weighted by molar-refractivity contribution is 5.53. The monoisotopic (exact) mass is 295 g/mol. The maximum Gasteiger partial charge on any atom is 0.250 e. The van der Waals surface area contributed by atoms with Crippen LogP contribution in [0.25, 0.3) is 11.5 Å². The maximum atomic E-state index is 13.6. The lowest BCUT2D eigenvalue weighted by Crippen LogP contribution is -2.36. The second-order valence-electron chi connectivity index (χ2n) is 5.91. The molecule has 1 N–H and O–H groups in total. The maximum absolute atomic E-state index is 13.6. The number of nitrogens with zero attached hydrogens (tertiary/aromatic N) is 2. The summed E-state index contributed by atoms with van der Waals surface area (Å²) in [5.74, 6) is -0.820. The van der Waals surface area contributed by atoms with Gasteiger partial charge in [0.05, 0.1) is 5.56 Å². The third-order valence-corrected chi connectivity index (χ3v) is 2.85. The molecule has 0 bridgehead atoms. The molecule has 114 valence electrons. The minimum Gasteiger partial charge on any atom is -0.421 e. The first-order chi connectivity index (χ1) is 9.85. The predicted molar refractivity (Wildman–Crippen MR) is 75.7 cm³/mol. The summed E-state index contributed by atoms with van der Waals surface area (Å²) in [6.45, 7) is 7.10. The van der Waals surface area contributed by atoms with Gasteiger partial charge in [0.25, 0.3) is 5.89 Å². The van der Waals surface area contributed by atoms with E-state index in [0.717, 1.165) is 25.1 Å². The molecule has 0 saturated heterocycles. The summed E-state index contributed by atoms with van der Waals surface area (Å²) < 4.78 is 31.9. The molecule has 0 saturated carbocycles. The van der Waals surface area contributed by atoms with Gasteiger partial charge in [-0.15, -0.1) is 10.2 Å². The van der Waals surface area contributed by atoms with E-state index in [-0.39, 0.29) is 17.0 Å². The summed E-state index contributed by atoms with van der Waals surface area (Å²) in [7, 11) is 0. The molecule has 0 spiro atoms. The summed E-state index contributed by atoms with van der Waals surface area (Å²) >= 11 is 0. The fraction of sp³-hybridized carbons (Fsp3) is 0.467. The van der Waals surface area contributed by atoms with E-state index in [1.54, 1.807) is 0 Å². The van der Waals surface area contributed by atoms with Crippen LogP contribution in [-0.2, 0) is 6.42 Å². The van der Waals surface area contributed by atoms with E-state index in [1.165, 1.54) is 6.07 Å². The van der Waals surface area contributed by atoms with E-state index in [4.69, 9.17) is 4.42 Å². The van der Waals surface area contributed by atoms with Crippen LogP contribution in [0.3, 0.4) is 0 Å². The van der Waals surface area contributed by atoms with E-state index in [1.807, 2.05) is 0 Å². The summed E-state index contributed by atoms with van der Waals surface area (Å²) in [5, 5.41) is 11.0. The Hall–Kier alpha value is -1.82. The van der Waals surface area contributed by atoms with Crippen LogP contribution in [0.2, 0.25) is 0 Å². The Morgan fingerprint density at radius 3 is 2.62 bits per heavy atom. The van der Waals surface area contributed by atoms with Gasteiger partial charge in [-0.2, -0.15) is 0 Å². The molecule has 2 rings (SSSR count). The highest BCUT2D eigenvalue weighted by Crippen LogP contribution is 2.22. The zero-order valence-electron chi connectivity index (χ0n) is 12.4. The van der Waals surface area contributed by atoms with Gasteiger partial charge < -0.3 is 9.73 Å². The average Bonchev–Trinajstić information content (AvgIpc) is 2.82. The van der Waals surface area contributed by atoms with Gasteiger partial charge in [-0.1, -0.05) is 0 Å². The molecule has 21 heavy (non-hydrogen) atoms. The van der Waals surface area contributed by atoms with E-state index < -0.39 is 11.6 Å². The first-order valence-corrected chi connectivity index (χ1v) is 6.88. The summed E-state index contributed by atoms with van der Waals surface area (Å²) in [6, 6.07) is 3.26. The first-order valence-electron chi connectivity index (χ1n) is 6.88. The smallest absolute Gasteiger partial charge is 0.250 e. The fourth-order valence-corrected chi connectivity index (χ4v) is 1.83. The van der Waals surface area contributed by atoms with E-state index in [0.29, 0.717) is 12.3 Å². The lowest BCUT2D eigenvalue weighted by molar-refractivity contribution is 0.412. The molecule has 0 amide bonds. The van der Waals surface area contributed by atoms with Crippen LogP contribution in [0, 0.1) is 11.6 Å². The first kappa shape index (κ1) is 15.6. The van der Waals surface area contributed by atoms with Crippen molar-refractivity contribution in [3.05, 3.63) is 35.7 Å². The molecule has 0 unspecified atom stereocenters. The minimum absolute atomic E-state index is 0.0667. The van der Waals surface area contributed by atoms with Crippen molar-refractivity contribution in [3.8, 4) is 11.5 Å². The van der Waals surface area contributed by atoms with Gasteiger partial charge in [-0.25, -0.2) is 8.78 Å². The van der Waals surface area contributed by atoms with Gasteiger partial charge >= 0.3 is 0 Å². The van der Waals surface area contributed by atoms with Crippen molar-refractivity contribution in [2.24, 2.45) is 0 Å². The largest absolute Gasteiger partial charge is 0.421 e. The third kappa shape index (κ3) is 4.60. The minimum atomic E-state index is -0.709. The molecule has 0 radical (unpaired) electrons. The van der Waals surface area contributed by atoms with E-state index in [2.05, 4.69) is 36.3 Å². The third-order valence-electron chi connectivity index (χ3n) is 2.85. The van der Waals surface area contributed by atoms with Gasteiger partial charge in [-0.05, 0) is 45.9 Å². The van der Waals surface area contributed by atoms with Crippen LogP contribution in [0.4, 0.5) is 8.78 Å². The van der Waals surface area contributed by atoms with Crippen molar-refractivity contribution in [3.63, 3.8) is 0 Å². The molecule has 0 aliphatic heterocycles. The standard InChI is InChI=1S/C15H19F2N3O/c1-15(2,3)18-8-4-5-13-19-20-14(21-13)11-7-6-10(16)9-12(11)17/h6-7,9,18H,4-5,8H2,1-3H3. The molecular weight excluding hydrogens is 276 g/mol. The molecule has 1 aromatic heterocycles. The Balaban J connectivity index is 1.95. The van der Waals surface area contributed by atoms with Gasteiger partial charge in [-0.3, -0.25) is 0 Å². The van der Waals surface area contributed by atoms with Crippen LogP contribution < -0.4 is 5.32 Å². The summed E-state index contributed by atoms with van der Waals surface area (Å²) in [6.07, 6.45) is 1.45. The van der Waals surface area contributed by atoms with Gasteiger partial charge in [0.2, 0.25) is 5.89 Å². The van der Waals surface area contributed by atoms with Crippen molar-refractivity contribution in [2.75, 3.05) is 6.54 Å². The second-order valence-corrected chi connectivity index (χ2v) is 5.91. The van der Waals surface area contributed by atoms with E-state index in [9.17, 15) is 8.78 Å². The molecule has 1 aromatic carbocycles. The molecule has 0 atom stereocenters. The quantitative estimate of drug-likeness (QED) is 0.860. The number of nitrogens with one attached hydrogen (secondary N) is 1. The van der Waals surface area contributed by atoms with Gasteiger partial charge in [0.1, 0.15) is 11.6 Å². The number of rotatable bonds is 5. The highest BCUT2D eigenvalue weighted by Gasteiger charge is 2.14. The Morgan fingerprint density at radius 1 is 1.19 bits per heavy atom. The van der Waals surface area contributed by atoms with Crippen molar-refractivity contribution in [2.45, 2.75) is 39.2 Å². The number of hydrogen-bond donors (Lipinski definition) is 1. The molecule has 0 fully saturated rings. The molecular formula is C15H19F2N3O. The fourth-order valence-electron chi connectivity index (χ4n) is 1.83. The molecule has 4 nitrogen and oxygen atoms in total. The molecule has 0 aliphatic rings. The molecule has 0 aliphatic carbocycles. The highest BCUT2D eigenvalue weighted by atomic mass is 19.1. The van der Waals surface area contributed by atoms with Crippen molar-refractivity contribution in [1.82, 2.24) is 15.5 Å². The van der Waals surface area contributed by atoms with Crippen LogP contribution in [-0.4, -0.2) is 22.3 Å². The summed E-state index contributed by atoms with van der Waals surface area (Å²) in [5.41, 5.74) is 0.181. The van der Waals surface area contributed by atoms with Crippen molar-refractivity contribution in [1.29, 1.82) is 0 Å². The van der Waals surface area contributed by atoms with Gasteiger partial charge in [0.15, 0.2) is 0 Å². The van der Waals surface area contributed by atoms with Gasteiger partial charge in [0, 0.05) is 18.0 Å². The number of hydrogen-bond acceptors (Lipinski definition) is 4. The average molecular weight is 295 g/mol. The number of benzene rings is 1. The van der Waals surface area contributed by atoms with Crippen LogP contribution >= 0.6 is 0 Å². The Kier molecular flexibility index (Phi) is 4.67. The summed E-state index contributed by atoms with van der Waals surface area (Å²) in [4.78, 5) is 0. The molecule has 6 heteroatoms. The Bertz CT molecular complexity index is 605. The predicted octanol–water partition coefficient (Wildman–Crippen LogP) is 3.34. The number of halogens is 2. The molecule has 1 heterocycles. The van der Waals surface area contributed by atoms with Crippen LogP contribution in [0.5, 0.6) is 0 Å². The number of aryl methyl sites for hydroxylation is 1. The molecule has 2 aromatic rings. The van der Waals surface area contributed by atoms with Crippen LogP contribution in [0.1, 0.15) is 33.1 Å². The van der Waals surface area contributed by atoms with Crippen molar-refractivity contribution < 1.29 is 13.2 Å². The Morgan fingerprint density at radius 2 is 1.95 bits per heavy atom. The normalized spacial score (nSPS) is 11.9. The SMILES string of the molecule is CC(C)(C)NCCCc1nnc(-c2ccc(F)cc2F)o1. The number of aromatic nitrogens is 2. The lowest BCUT2D eigenvalue weighted by atomic mass is 10.1. The van der Waals surface area contributed by atoms with Crippen LogP contribution in [0.15, 0.2) is 22.6 Å². The topological polar surface area (TPSA) is 51.0 Å².